The van der Waals surface area contributed by atoms with Crippen LogP contribution in [0.15, 0.2) is 0 Å². The van der Waals surface area contributed by atoms with E-state index >= 15 is 0 Å². The maximum atomic E-state index is 12.3. The highest BCUT2D eigenvalue weighted by Gasteiger charge is 2.49. The first-order valence-corrected chi connectivity index (χ1v) is 8.63. The predicted molar refractivity (Wildman–Crippen MR) is 73.9 cm³/mol. The summed E-state index contributed by atoms with van der Waals surface area (Å²) >= 11 is 6.13. The van der Waals surface area contributed by atoms with E-state index in [0.717, 1.165) is 32.1 Å². The molecule has 1 saturated heterocycles. The van der Waals surface area contributed by atoms with Crippen molar-refractivity contribution in [2.45, 2.75) is 57.4 Å². The van der Waals surface area contributed by atoms with E-state index in [1.165, 1.54) is 0 Å². The van der Waals surface area contributed by atoms with Crippen LogP contribution < -0.4 is 4.72 Å². The molecule has 0 spiro atoms. The molecule has 2 unspecified atom stereocenters. The third-order valence-electron chi connectivity index (χ3n) is 4.34. The van der Waals surface area contributed by atoms with Crippen molar-refractivity contribution in [2.24, 2.45) is 5.41 Å². The predicted octanol–water partition coefficient (Wildman–Crippen LogP) is 2.10. The van der Waals surface area contributed by atoms with E-state index < -0.39 is 10.2 Å². The Bertz CT molecular complexity index is 389. The number of hydrogen-bond donors (Lipinski definition) is 1. The summed E-state index contributed by atoms with van der Waals surface area (Å²) in [6.45, 7) is 5.33. The SMILES string of the molecule is CC1(C)C(Cl)CC1NS(=O)(=O)N1CCCCCC1. The lowest BCUT2D eigenvalue weighted by molar-refractivity contribution is 0.135. The van der Waals surface area contributed by atoms with Gasteiger partial charge in [0.25, 0.3) is 10.2 Å². The smallest absolute Gasteiger partial charge is 0.198 e. The van der Waals surface area contributed by atoms with Gasteiger partial charge in [0.15, 0.2) is 0 Å². The van der Waals surface area contributed by atoms with E-state index in [9.17, 15) is 8.42 Å². The van der Waals surface area contributed by atoms with Crippen molar-refractivity contribution in [3.8, 4) is 0 Å². The van der Waals surface area contributed by atoms with Crippen LogP contribution in [-0.2, 0) is 10.2 Å². The van der Waals surface area contributed by atoms with Crippen molar-refractivity contribution in [2.75, 3.05) is 13.1 Å². The minimum absolute atomic E-state index is 0.0340. The molecule has 2 aliphatic rings. The third-order valence-corrected chi connectivity index (χ3v) is 6.71. The van der Waals surface area contributed by atoms with E-state index in [-0.39, 0.29) is 16.8 Å². The Labute approximate surface area is 115 Å². The Morgan fingerprint density at radius 1 is 1.17 bits per heavy atom. The number of rotatable bonds is 3. The lowest BCUT2D eigenvalue weighted by Gasteiger charge is -2.49. The van der Waals surface area contributed by atoms with Gasteiger partial charge in [-0.3, -0.25) is 0 Å². The third kappa shape index (κ3) is 2.84. The minimum Gasteiger partial charge on any atom is -0.198 e. The molecule has 1 saturated carbocycles. The van der Waals surface area contributed by atoms with Crippen molar-refractivity contribution < 1.29 is 8.42 Å². The number of alkyl halides is 1. The van der Waals surface area contributed by atoms with Gasteiger partial charge in [0.2, 0.25) is 0 Å². The van der Waals surface area contributed by atoms with Gasteiger partial charge in [-0.25, -0.2) is 0 Å². The molecule has 0 aromatic carbocycles. The molecule has 1 aliphatic carbocycles. The normalized spacial score (nSPS) is 33.7. The molecule has 0 aromatic heterocycles. The first-order valence-electron chi connectivity index (χ1n) is 6.75. The molecule has 0 bridgehead atoms. The molecule has 0 amide bonds. The minimum atomic E-state index is -3.34. The molecule has 0 aromatic rings. The Hall–Kier alpha value is 0.160. The lowest BCUT2D eigenvalue weighted by atomic mass is 9.67. The maximum absolute atomic E-state index is 12.3. The second kappa shape index (κ2) is 5.27. The van der Waals surface area contributed by atoms with Crippen LogP contribution in [0.2, 0.25) is 0 Å². The summed E-state index contributed by atoms with van der Waals surface area (Å²) in [7, 11) is -3.34. The van der Waals surface area contributed by atoms with Crippen LogP contribution in [0, 0.1) is 5.41 Å². The zero-order valence-corrected chi connectivity index (χ0v) is 12.7. The maximum Gasteiger partial charge on any atom is 0.279 e. The van der Waals surface area contributed by atoms with Crippen LogP contribution in [0.3, 0.4) is 0 Å². The summed E-state index contributed by atoms with van der Waals surface area (Å²) in [6.07, 6.45) is 4.91. The average Bonchev–Trinajstić information content (AvgIpc) is 2.57. The fourth-order valence-electron chi connectivity index (χ4n) is 2.61. The van der Waals surface area contributed by atoms with E-state index in [2.05, 4.69) is 4.72 Å². The molecule has 1 heterocycles. The summed E-state index contributed by atoms with van der Waals surface area (Å²) in [5.74, 6) is 0. The van der Waals surface area contributed by atoms with Crippen LogP contribution in [0.4, 0.5) is 0 Å². The highest BCUT2D eigenvalue weighted by Crippen LogP contribution is 2.44. The molecular formula is C12H23ClN2O2S. The van der Waals surface area contributed by atoms with Gasteiger partial charge < -0.3 is 0 Å². The molecule has 0 radical (unpaired) electrons. The molecule has 106 valence electrons. The van der Waals surface area contributed by atoms with Crippen LogP contribution in [0.1, 0.15) is 46.0 Å². The van der Waals surface area contributed by atoms with Crippen molar-refractivity contribution in [3.63, 3.8) is 0 Å². The largest absolute Gasteiger partial charge is 0.279 e. The van der Waals surface area contributed by atoms with Gasteiger partial charge in [0, 0.05) is 24.5 Å². The molecule has 6 heteroatoms. The summed E-state index contributed by atoms with van der Waals surface area (Å²) in [5.41, 5.74) is -0.152. The molecule has 2 atom stereocenters. The van der Waals surface area contributed by atoms with Crippen molar-refractivity contribution >= 4 is 21.8 Å². The van der Waals surface area contributed by atoms with Crippen LogP contribution >= 0.6 is 11.6 Å². The van der Waals surface area contributed by atoms with Gasteiger partial charge in [-0.15, -0.1) is 11.6 Å². The number of nitrogens with zero attached hydrogens (tertiary/aromatic N) is 1. The Morgan fingerprint density at radius 3 is 2.17 bits per heavy atom. The summed E-state index contributed by atoms with van der Waals surface area (Å²) in [5, 5.41) is 0.0642. The Morgan fingerprint density at radius 2 is 1.72 bits per heavy atom. The number of halogens is 1. The Kier molecular flexibility index (Phi) is 4.26. The van der Waals surface area contributed by atoms with Crippen molar-refractivity contribution in [1.82, 2.24) is 9.03 Å². The highest BCUT2D eigenvalue weighted by atomic mass is 35.5. The average molecular weight is 295 g/mol. The molecule has 18 heavy (non-hydrogen) atoms. The molecule has 2 rings (SSSR count). The summed E-state index contributed by atoms with van der Waals surface area (Å²) < 4.78 is 29.0. The van der Waals surface area contributed by atoms with Crippen molar-refractivity contribution in [1.29, 1.82) is 0 Å². The fourth-order valence-corrected chi connectivity index (χ4v) is 4.59. The fraction of sp³-hybridized carbons (Fsp3) is 1.00. The molecule has 4 nitrogen and oxygen atoms in total. The number of nitrogens with one attached hydrogen (secondary N) is 1. The molecular weight excluding hydrogens is 272 g/mol. The topological polar surface area (TPSA) is 49.4 Å². The van der Waals surface area contributed by atoms with Gasteiger partial charge in [0.1, 0.15) is 0 Å². The zero-order chi connectivity index (χ0) is 13.4. The highest BCUT2D eigenvalue weighted by molar-refractivity contribution is 7.87. The van der Waals surface area contributed by atoms with Crippen LogP contribution in [0.25, 0.3) is 0 Å². The van der Waals surface area contributed by atoms with Gasteiger partial charge in [-0.1, -0.05) is 26.7 Å². The zero-order valence-electron chi connectivity index (χ0n) is 11.2. The monoisotopic (exact) mass is 294 g/mol. The van der Waals surface area contributed by atoms with Crippen LogP contribution in [-0.4, -0.2) is 37.2 Å². The first-order chi connectivity index (χ1) is 8.34. The number of hydrogen-bond acceptors (Lipinski definition) is 2. The van der Waals surface area contributed by atoms with Gasteiger partial charge in [-0.2, -0.15) is 17.4 Å². The second-order valence-corrected chi connectivity index (χ2v) is 8.24. The summed E-state index contributed by atoms with van der Waals surface area (Å²) in [4.78, 5) is 0. The second-order valence-electron chi connectivity index (χ2n) is 6.01. The van der Waals surface area contributed by atoms with Crippen LogP contribution in [0.5, 0.6) is 0 Å². The standard InChI is InChI=1S/C12H23ClN2O2S/c1-12(2)10(13)9-11(12)14-18(16,17)15-7-5-3-4-6-8-15/h10-11,14H,3-9H2,1-2H3. The van der Waals surface area contributed by atoms with Gasteiger partial charge in [-0.05, 0) is 24.7 Å². The lowest BCUT2D eigenvalue weighted by Crippen LogP contribution is -2.61. The van der Waals surface area contributed by atoms with E-state index in [4.69, 9.17) is 11.6 Å². The molecule has 2 fully saturated rings. The van der Waals surface area contributed by atoms with E-state index in [0.29, 0.717) is 13.1 Å². The van der Waals surface area contributed by atoms with E-state index in [1.807, 2.05) is 13.8 Å². The molecule has 1 aliphatic heterocycles. The van der Waals surface area contributed by atoms with Crippen molar-refractivity contribution in [3.05, 3.63) is 0 Å². The van der Waals surface area contributed by atoms with Gasteiger partial charge >= 0.3 is 0 Å². The quantitative estimate of drug-likeness (QED) is 0.811. The summed E-state index contributed by atoms with van der Waals surface area (Å²) in [6, 6.07) is -0.0340. The van der Waals surface area contributed by atoms with E-state index in [1.54, 1.807) is 4.31 Å². The van der Waals surface area contributed by atoms with Gasteiger partial charge in [0.05, 0.1) is 0 Å². The Balaban J connectivity index is 1.99. The first kappa shape index (κ1) is 14.6. The molecule has 1 N–H and O–H groups in total.